The first-order chi connectivity index (χ1) is 31.7. The lowest BCUT2D eigenvalue weighted by molar-refractivity contribution is 0.629. The Labute approximate surface area is 373 Å². The highest BCUT2D eigenvalue weighted by atomic mass is 19.1. The summed E-state index contributed by atoms with van der Waals surface area (Å²) in [6.07, 6.45) is 2.10. The van der Waals surface area contributed by atoms with Gasteiger partial charge in [-0.15, -0.1) is 0 Å². The number of halogens is 1. The highest BCUT2D eigenvalue weighted by Crippen LogP contribution is 2.63. The summed E-state index contributed by atoms with van der Waals surface area (Å²) in [5.74, 6) is -0.276. The van der Waals surface area contributed by atoms with Gasteiger partial charge in [0.1, 0.15) is 5.82 Å². The number of hydrogen-bond donors (Lipinski definition) is 0. The predicted molar refractivity (Wildman–Crippen MR) is 265 cm³/mol. The van der Waals surface area contributed by atoms with Crippen molar-refractivity contribution in [3.05, 3.63) is 254 Å². The average molecular weight is 823 g/mol. The smallest absolute Gasteiger partial charge is 0.148 e. The maximum atomic E-state index is 17.4. The Kier molecular flexibility index (Phi) is 9.08. The molecule has 3 heteroatoms. The molecule has 2 aliphatic carbocycles. The normalized spacial score (nSPS) is 13.1. The molecular formula is C61H43FN2. The fourth-order valence-electron chi connectivity index (χ4n) is 10.3. The quantitative estimate of drug-likeness (QED) is 0.143. The maximum absolute atomic E-state index is 17.4. The second-order valence-corrected chi connectivity index (χ2v) is 17.0. The number of hydrogen-bond acceptors (Lipinski definition) is 2. The third-order valence-electron chi connectivity index (χ3n) is 13.3. The molecule has 64 heavy (non-hydrogen) atoms. The summed E-state index contributed by atoms with van der Waals surface area (Å²) in [5.41, 5.74) is 16.7. The van der Waals surface area contributed by atoms with Gasteiger partial charge in [-0.25, -0.2) is 4.39 Å². The molecule has 304 valence electrons. The topological polar surface area (TPSA) is 6.48 Å². The van der Waals surface area contributed by atoms with E-state index in [1.54, 1.807) is 6.07 Å². The van der Waals surface area contributed by atoms with Gasteiger partial charge in [-0.3, -0.25) is 0 Å². The lowest BCUT2D eigenvalue weighted by atomic mass is 9.74. The van der Waals surface area contributed by atoms with E-state index in [0.29, 0.717) is 5.69 Å². The number of rotatable bonds is 9. The molecule has 12 rings (SSSR count). The molecule has 0 unspecified atom stereocenters. The van der Waals surface area contributed by atoms with Crippen molar-refractivity contribution in [2.45, 2.75) is 18.3 Å². The van der Waals surface area contributed by atoms with Crippen LogP contribution in [0.1, 0.15) is 24.0 Å². The molecule has 1 saturated carbocycles. The first-order valence-electron chi connectivity index (χ1n) is 22.2. The lowest BCUT2D eigenvalue weighted by Gasteiger charge is -2.34. The fraction of sp³-hybridized carbons (Fsp3) is 0.0492. The molecule has 0 atom stereocenters. The summed E-state index contributed by atoms with van der Waals surface area (Å²) in [6, 6.07) is 82.9. The summed E-state index contributed by atoms with van der Waals surface area (Å²) in [7, 11) is 0. The van der Waals surface area contributed by atoms with Crippen LogP contribution >= 0.6 is 0 Å². The highest BCUT2D eigenvalue weighted by molar-refractivity contribution is 6.11. The summed E-state index contributed by atoms with van der Waals surface area (Å²) < 4.78 is 17.4. The van der Waals surface area contributed by atoms with Gasteiger partial charge in [0.2, 0.25) is 0 Å². The van der Waals surface area contributed by atoms with Crippen molar-refractivity contribution in [3.63, 3.8) is 0 Å². The molecule has 10 aromatic carbocycles. The molecule has 0 saturated heterocycles. The van der Waals surface area contributed by atoms with Gasteiger partial charge >= 0.3 is 0 Å². The highest BCUT2D eigenvalue weighted by Gasteiger charge is 2.51. The number of nitrogens with zero attached hydrogens (tertiary/aromatic N) is 2. The van der Waals surface area contributed by atoms with Crippen LogP contribution in [0, 0.1) is 5.82 Å². The van der Waals surface area contributed by atoms with Crippen molar-refractivity contribution < 1.29 is 4.39 Å². The molecule has 1 fully saturated rings. The van der Waals surface area contributed by atoms with Gasteiger partial charge in [-0.1, -0.05) is 176 Å². The zero-order chi connectivity index (χ0) is 42.6. The van der Waals surface area contributed by atoms with E-state index in [0.717, 1.165) is 63.5 Å². The van der Waals surface area contributed by atoms with Crippen LogP contribution in [-0.2, 0) is 5.41 Å². The number of anilines is 6. The van der Waals surface area contributed by atoms with Crippen LogP contribution in [-0.4, -0.2) is 0 Å². The minimum atomic E-state index is -0.276. The number of fused-ring (bicyclic) bond motifs is 4. The summed E-state index contributed by atoms with van der Waals surface area (Å²) in [5, 5.41) is 2.53. The van der Waals surface area contributed by atoms with E-state index in [9.17, 15) is 0 Å². The van der Waals surface area contributed by atoms with Gasteiger partial charge in [0.15, 0.2) is 0 Å². The average Bonchev–Trinajstić information content (AvgIpc) is 4.17. The van der Waals surface area contributed by atoms with Crippen LogP contribution in [0.3, 0.4) is 0 Å². The van der Waals surface area contributed by atoms with Gasteiger partial charge in [-0.05, 0) is 123 Å². The molecule has 10 aromatic rings. The van der Waals surface area contributed by atoms with E-state index in [1.807, 2.05) is 66.7 Å². The van der Waals surface area contributed by atoms with Gasteiger partial charge in [-0.2, -0.15) is 0 Å². The Morgan fingerprint density at radius 1 is 0.344 bits per heavy atom. The fourth-order valence-corrected chi connectivity index (χ4v) is 10.3. The zero-order valence-electron chi connectivity index (χ0n) is 35.2. The Balaban J connectivity index is 1.05. The molecule has 0 bridgehead atoms. The number of para-hydroxylation sites is 3. The standard InChI is InChI=1S/C61H43FN2/c62-56-40-45(42-19-6-1-7-20-42)39-53(44-23-10-3-11-24-44)60(56)63(46-25-12-4-13-26-46)48-33-34-50-51-35-36-58(52-30-18-31-54(59(51)52)61(37-38-61)55(50)41-48)64(47-27-14-5-15-28-47)57-32-17-16-29-49(57)43-21-8-2-9-22-43/h1-36,39-41H,37-38H2. The lowest BCUT2D eigenvalue weighted by Crippen LogP contribution is -2.19. The largest absolute Gasteiger partial charge is 0.309 e. The van der Waals surface area contributed by atoms with Gasteiger partial charge < -0.3 is 9.80 Å². The molecular weight excluding hydrogens is 780 g/mol. The van der Waals surface area contributed by atoms with Crippen LogP contribution in [0.5, 0.6) is 0 Å². The molecule has 0 N–H and O–H groups in total. The molecule has 0 amide bonds. The van der Waals surface area contributed by atoms with Crippen LogP contribution in [0.15, 0.2) is 237 Å². The summed E-state index contributed by atoms with van der Waals surface area (Å²) >= 11 is 0. The molecule has 0 heterocycles. The first-order valence-corrected chi connectivity index (χ1v) is 22.2. The first kappa shape index (κ1) is 37.7. The van der Waals surface area contributed by atoms with E-state index in [1.165, 1.54) is 44.2 Å². The minimum absolute atomic E-state index is 0.156. The molecule has 0 radical (unpaired) electrons. The van der Waals surface area contributed by atoms with E-state index in [4.69, 9.17) is 0 Å². The van der Waals surface area contributed by atoms with Crippen LogP contribution in [0.2, 0.25) is 0 Å². The second-order valence-electron chi connectivity index (χ2n) is 17.0. The Morgan fingerprint density at radius 3 is 1.56 bits per heavy atom. The monoisotopic (exact) mass is 822 g/mol. The molecule has 0 aliphatic heterocycles. The summed E-state index contributed by atoms with van der Waals surface area (Å²) in [4.78, 5) is 4.56. The Bertz CT molecular complexity index is 3330. The van der Waals surface area contributed by atoms with Crippen LogP contribution in [0.4, 0.5) is 38.5 Å². The van der Waals surface area contributed by atoms with Crippen molar-refractivity contribution in [1.82, 2.24) is 0 Å². The van der Waals surface area contributed by atoms with E-state index in [-0.39, 0.29) is 11.2 Å². The predicted octanol–water partition coefficient (Wildman–Crippen LogP) is 17.0. The van der Waals surface area contributed by atoms with Crippen LogP contribution < -0.4 is 9.80 Å². The van der Waals surface area contributed by atoms with Crippen molar-refractivity contribution in [2.75, 3.05) is 9.80 Å². The van der Waals surface area contributed by atoms with Crippen molar-refractivity contribution in [3.8, 4) is 44.5 Å². The maximum Gasteiger partial charge on any atom is 0.148 e. The van der Waals surface area contributed by atoms with Crippen molar-refractivity contribution in [1.29, 1.82) is 0 Å². The minimum Gasteiger partial charge on any atom is -0.309 e. The van der Waals surface area contributed by atoms with Crippen molar-refractivity contribution in [2.24, 2.45) is 0 Å². The summed E-state index contributed by atoms with van der Waals surface area (Å²) in [6.45, 7) is 0. The van der Waals surface area contributed by atoms with Gasteiger partial charge in [0.25, 0.3) is 0 Å². The van der Waals surface area contributed by atoms with Gasteiger partial charge in [0.05, 0.1) is 17.1 Å². The van der Waals surface area contributed by atoms with Crippen molar-refractivity contribution >= 4 is 44.9 Å². The molecule has 1 spiro atoms. The molecule has 2 nitrogen and oxygen atoms in total. The Hall–Kier alpha value is -8.01. The van der Waals surface area contributed by atoms with E-state index in [2.05, 4.69) is 174 Å². The zero-order valence-corrected chi connectivity index (χ0v) is 35.2. The third kappa shape index (κ3) is 6.23. The van der Waals surface area contributed by atoms with E-state index >= 15 is 4.39 Å². The number of benzene rings is 10. The van der Waals surface area contributed by atoms with Crippen LogP contribution in [0.25, 0.3) is 55.3 Å². The Morgan fingerprint density at radius 2 is 0.906 bits per heavy atom. The molecule has 0 aromatic heterocycles. The second kappa shape index (κ2) is 15.4. The van der Waals surface area contributed by atoms with E-state index < -0.39 is 0 Å². The third-order valence-corrected chi connectivity index (χ3v) is 13.3. The SMILES string of the molecule is Fc1cc(-c2ccccc2)cc(-c2ccccc2)c1N(c1ccccc1)c1ccc2c(c1)C1(CC1)c1cccc3c(N(c4ccccc4)c4ccccc4-c4ccccc4)ccc-2c13. The van der Waals surface area contributed by atoms with Gasteiger partial charge in [0, 0.05) is 39.0 Å². The molecule has 2 aliphatic rings.